The van der Waals surface area contributed by atoms with Crippen LogP contribution in [0.2, 0.25) is 0 Å². The summed E-state index contributed by atoms with van der Waals surface area (Å²) >= 11 is 0. The third kappa shape index (κ3) is 4.81. The topological polar surface area (TPSA) is 49.6 Å². The lowest BCUT2D eigenvalue weighted by molar-refractivity contribution is -0.141. The van der Waals surface area contributed by atoms with E-state index in [4.69, 9.17) is 0 Å². The summed E-state index contributed by atoms with van der Waals surface area (Å²) in [7, 11) is 0. The summed E-state index contributed by atoms with van der Waals surface area (Å²) in [5.41, 5.74) is -0.945. The molecule has 2 heterocycles. The van der Waals surface area contributed by atoms with E-state index in [0.717, 1.165) is 25.7 Å². The first-order valence-electron chi connectivity index (χ1n) is 8.51. The Labute approximate surface area is 145 Å². The van der Waals surface area contributed by atoms with Gasteiger partial charge >= 0.3 is 6.18 Å². The van der Waals surface area contributed by atoms with Gasteiger partial charge in [0.15, 0.2) is 5.69 Å². The van der Waals surface area contributed by atoms with Crippen LogP contribution in [0.3, 0.4) is 0 Å². The van der Waals surface area contributed by atoms with Crippen LogP contribution in [0.1, 0.15) is 33.4 Å². The quantitative estimate of drug-likeness (QED) is 0.726. The molecule has 0 fully saturated rings. The fourth-order valence-electron chi connectivity index (χ4n) is 2.71. The highest BCUT2D eigenvalue weighted by atomic mass is 19.4. The molecule has 0 saturated carbocycles. The molecule has 6 nitrogen and oxygen atoms in total. The van der Waals surface area contributed by atoms with E-state index in [2.05, 4.69) is 33.8 Å². The average molecular weight is 358 g/mol. The SMILES string of the molecule is CCN(CC)CCN(CC(C)C)c1cc(C(F)(F)F)nc2ncnn12. The van der Waals surface area contributed by atoms with Crippen LogP contribution in [0.25, 0.3) is 5.78 Å². The fraction of sp³-hybridized carbons (Fsp3) is 0.688. The van der Waals surface area contributed by atoms with E-state index in [1.807, 2.05) is 18.7 Å². The minimum absolute atomic E-state index is 0.0404. The summed E-state index contributed by atoms with van der Waals surface area (Å²) < 4.78 is 41.0. The molecule has 2 aromatic rings. The lowest BCUT2D eigenvalue weighted by Gasteiger charge is -2.29. The highest BCUT2D eigenvalue weighted by Crippen LogP contribution is 2.30. The van der Waals surface area contributed by atoms with Crippen molar-refractivity contribution in [1.82, 2.24) is 24.5 Å². The fourth-order valence-corrected chi connectivity index (χ4v) is 2.71. The van der Waals surface area contributed by atoms with E-state index < -0.39 is 11.9 Å². The smallest absolute Gasteiger partial charge is 0.355 e. The molecule has 0 aliphatic heterocycles. The van der Waals surface area contributed by atoms with Crippen molar-refractivity contribution < 1.29 is 13.2 Å². The van der Waals surface area contributed by atoms with Crippen LogP contribution in [0.5, 0.6) is 0 Å². The summed E-state index contributed by atoms with van der Waals surface area (Å²) in [4.78, 5) is 11.6. The number of aromatic nitrogens is 4. The number of anilines is 1. The van der Waals surface area contributed by atoms with Crippen LogP contribution in [0.4, 0.5) is 19.0 Å². The second kappa shape index (κ2) is 7.99. The van der Waals surface area contributed by atoms with E-state index in [1.165, 1.54) is 10.8 Å². The standard InChI is InChI=1S/C16H25F3N6/c1-5-23(6-2)7-8-24(10-12(3)4)14-9-13(16(17,18)19)22-15-20-11-21-25(14)15/h9,11-12H,5-8,10H2,1-4H3. The Balaban J connectivity index is 2.42. The molecule has 0 spiro atoms. The Morgan fingerprint density at radius 2 is 1.84 bits per heavy atom. The molecular formula is C16H25F3N6. The molecule has 2 aromatic heterocycles. The van der Waals surface area contributed by atoms with Gasteiger partial charge in [0.2, 0.25) is 0 Å². The number of likely N-dealkylation sites (N-methyl/N-ethyl adjacent to an activating group) is 1. The second-order valence-electron chi connectivity index (χ2n) is 6.34. The largest absolute Gasteiger partial charge is 0.433 e. The summed E-state index contributed by atoms with van der Waals surface area (Å²) in [6.45, 7) is 12.0. The minimum Gasteiger partial charge on any atom is -0.355 e. The molecule has 0 aliphatic rings. The lowest BCUT2D eigenvalue weighted by Crippen LogP contribution is -2.38. The summed E-state index contributed by atoms with van der Waals surface area (Å²) in [5, 5.41) is 4.06. The van der Waals surface area contributed by atoms with Gasteiger partial charge in [-0.3, -0.25) is 0 Å². The molecule has 0 N–H and O–H groups in total. The predicted octanol–water partition coefficient (Wildman–Crippen LogP) is 2.95. The van der Waals surface area contributed by atoms with E-state index in [0.29, 0.717) is 18.9 Å². The lowest BCUT2D eigenvalue weighted by atomic mass is 10.2. The van der Waals surface area contributed by atoms with Crippen LogP contribution in [-0.4, -0.2) is 57.2 Å². The normalized spacial score (nSPS) is 12.5. The third-order valence-corrected chi connectivity index (χ3v) is 4.01. The van der Waals surface area contributed by atoms with Crippen LogP contribution in [0, 0.1) is 5.92 Å². The molecule has 0 atom stereocenters. The predicted molar refractivity (Wildman–Crippen MR) is 90.6 cm³/mol. The van der Waals surface area contributed by atoms with Crippen molar-refractivity contribution in [3.05, 3.63) is 18.1 Å². The zero-order valence-electron chi connectivity index (χ0n) is 15.1. The maximum atomic E-state index is 13.2. The molecule has 25 heavy (non-hydrogen) atoms. The highest BCUT2D eigenvalue weighted by molar-refractivity contribution is 5.48. The maximum absolute atomic E-state index is 13.2. The molecule has 2 rings (SSSR count). The Morgan fingerprint density at radius 1 is 1.16 bits per heavy atom. The van der Waals surface area contributed by atoms with Gasteiger partial charge in [-0.25, -0.2) is 4.98 Å². The van der Waals surface area contributed by atoms with Crippen LogP contribution in [-0.2, 0) is 6.18 Å². The van der Waals surface area contributed by atoms with Gasteiger partial charge in [0.1, 0.15) is 12.1 Å². The molecule has 9 heteroatoms. The van der Waals surface area contributed by atoms with Gasteiger partial charge in [-0.15, -0.1) is 0 Å². The second-order valence-corrected chi connectivity index (χ2v) is 6.34. The molecule has 0 saturated heterocycles. The molecule has 140 valence electrons. The first kappa shape index (κ1) is 19.4. The van der Waals surface area contributed by atoms with Crippen molar-refractivity contribution in [1.29, 1.82) is 0 Å². The van der Waals surface area contributed by atoms with Gasteiger partial charge < -0.3 is 9.80 Å². The number of hydrogen-bond acceptors (Lipinski definition) is 5. The Morgan fingerprint density at radius 3 is 2.40 bits per heavy atom. The van der Waals surface area contributed by atoms with E-state index in [-0.39, 0.29) is 11.7 Å². The van der Waals surface area contributed by atoms with E-state index in [9.17, 15) is 13.2 Å². The number of fused-ring (bicyclic) bond motifs is 1. The van der Waals surface area contributed by atoms with Crippen molar-refractivity contribution in [2.45, 2.75) is 33.9 Å². The van der Waals surface area contributed by atoms with Crippen molar-refractivity contribution >= 4 is 11.6 Å². The summed E-state index contributed by atoms with van der Waals surface area (Å²) in [6, 6.07) is 1.06. The monoisotopic (exact) mass is 358 g/mol. The Hall–Kier alpha value is -1.90. The molecule has 0 bridgehead atoms. The summed E-state index contributed by atoms with van der Waals surface area (Å²) in [5.74, 6) is 0.620. The molecule has 0 aromatic carbocycles. The Kier molecular flexibility index (Phi) is 6.21. The number of rotatable bonds is 8. The number of halogens is 3. The molecular weight excluding hydrogens is 333 g/mol. The Bertz CT molecular complexity index is 678. The molecule has 0 unspecified atom stereocenters. The molecule has 0 aliphatic carbocycles. The third-order valence-electron chi connectivity index (χ3n) is 4.01. The van der Waals surface area contributed by atoms with Gasteiger partial charge in [0.25, 0.3) is 5.78 Å². The number of hydrogen-bond donors (Lipinski definition) is 0. The van der Waals surface area contributed by atoms with Crippen molar-refractivity contribution in [2.24, 2.45) is 5.92 Å². The van der Waals surface area contributed by atoms with Crippen LogP contribution >= 0.6 is 0 Å². The average Bonchev–Trinajstić information content (AvgIpc) is 3.01. The first-order chi connectivity index (χ1) is 11.8. The van der Waals surface area contributed by atoms with Crippen molar-refractivity contribution in [2.75, 3.05) is 37.6 Å². The van der Waals surface area contributed by atoms with E-state index in [1.54, 1.807) is 0 Å². The van der Waals surface area contributed by atoms with Crippen molar-refractivity contribution in [3.8, 4) is 0 Å². The maximum Gasteiger partial charge on any atom is 0.433 e. The van der Waals surface area contributed by atoms with Gasteiger partial charge in [-0.2, -0.15) is 27.8 Å². The van der Waals surface area contributed by atoms with E-state index >= 15 is 0 Å². The zero-order chi connectivity index (χ0) is 18.6. The number of nitrogens with zero attached hydrogens (tertiary/aromatic N) is 6. The van der Waals surface area contributed by atoms with Crippen LogP contribution < -0.4 is 4.90 Å². The molecule has 0 amide bonds. The minimum atomic E-state index is -4.52. The van der Waals surface area contributed by atoms with Gasteiger partial charge in [0.05, 0.1) is 0 Å². The van der Waals surface area contributed by atoms with Gasteiger partial charge in [-0.05, 0) is 19.0 Å². The summed E-state index contributed by atoms with van der Waals surface area (Å²) in [6.07, 6.45) is -3.30. The first-order valence-corrected chi connectivity index (χ1v) is 8.51. The zero-order valence-corrected chi connectivity index (χ0v) is 15.1. The van der Waals surface area contributed by atoms with Crippen molar-refractivity contribution in [3.63, 3.8) is 0 Å². The molecule has 0 radical (unpaired) electrons. The van der Waals surface area contributed by atoms with Crippen LogP contribution in [0.15, 0.2) is 12.4 Å². The van der Waals surface area contributed by atoms with Gasteiger partial charge in [0, 0.05) is 25.7 Å². The number of alkyl halides is 3. The van der Waals surface area contributed by atoms with Gasteiger partial charge in [-0.1, -0.05) is 27.7 Å². The highest BCUT2D eigenvalue weighted by Gasteiger charge is 2.34.